The summed E-state index contributed by atoms with van der Waals surface area (Å²) in [6.45, 7) is 6.22. The fourth-order valence-corrected chi connectivity index (χ4v) is 2.46. The lowest BCUT2D eigenvalue weighted by Crippen LogP contribution is -2.45. The van der Waals surface area contributed by atoms with Gasteiger partial charge in [0.2, 0.25) is 11.8 Å². The van der Waals surface area contributed by atoms with E-state index in [4.69, 9.17) is 4.52 Å². The van der Waals surface area contributed by atoms with E-state index < -0.39 is 0 Å². The number of aromatic nitrogens is 1. The van der Waals surface area contributed by atoms with Crippen LogP contribution in [0.1, 0.15) is 36.8 Å². The molecule has 1 N–H and O–H groups in total. The summed E-state index contributed by atoms with van der Waals surface area (Å²) >= 11 is 0. The maximum Gasteiger partial charge on any atom is 0.243 e. The first-order valence-electron chi connectivity index (χ1n) is 6.47. The van der Waals surface area contributed by atoms with Crippen LogP contribution in [0.4, 0.5) is 0 Å². The van der Waals surface area contributed by atoms with Crippen LogP contribution < -0.4 is 5.32 Å². The lowest BCUT2D eigenvalue weighted by atomic mass is 10.1. The maximum atomic E-state index is 12.1. The Morgan fingerprint density at radius 3 is 2.79 bits per heavy atom. The molecule has 0 aliphatic carbocycles. The molecule has 6 nitrogen and oxygen atoms in total. The van der Waals surface area contributed by atoms with Crippen LogP contribution in [0.25, 0.3) is 0 Å². The Bertz CT molecular complexity index is 476. The quantitative estimate of drug-likeness (QED) is 0.881. The molecule has 0 bridgehead atoms. The number of hydrogen-bond acceptors (Lipinski definition) is 4. The predicted molar refractivity (Wildman–Crippen MR) is 68.2 cm³/mol. The van der Waals surface area contributed by atoms with E-state index in [1.807, 2.05) is 13.8 Å². The molecule has 1 aromatic heterocycles. The van der Waals surface area contributed by atoms with E-state index in [2.05, 4.69) is 10.5 Å². The van der Waals surface area contributed by atoms with Gasteiger partial charge in [-0.05, 0) is 26.7 Å². The molecular weight excluding hydrogens is 246 g/mol. The van der Waals surface area contributed by atoms with Gasteiger partial charge in [0.25, 0.3) is 0 Å². The van der Waals surface area contributed by atoms with Crippen molar-refractivity contribution in [1.29, 1.82) is 0 Å². The van der Waals surface area contributed by atoms with Crippen LogP contribution in [-0.4, -0.2) is 34.5 Å². The van der Waals surface area contributed by atoms with Crippen molar-refractivity contribution in [2.24, 2.45) is 0 Å². The molecule has 1 fully saturated rings. The molecule has 0 radical (unpaired) electrons. The number of hydrogen-bond donors (Lipinski definition) is 1. The molecule has 0 aromatic carbocycles. The van der Waals surface area contributed by atoms with Crippen LogP contribution in [0.3, 0.4) is 0 Å². The number of nitrogens with zero attached hydrogens (tertiary/aromatic N) is 2. The molecule has 1 aliphatic heterocycles. The molecule has 19 heavy (non-hydrogen) atoms. The number of aryl methyl sites for hydroxylation is 2. The molecule has 0 saturated carbocycles. The molecular formula is C13H19N3O3. The zero-order valence-electron chi connectivity index (χ0n) is 11.5. The SMILES string of the molecule is CC(=O)N1CCCC1C(=O)NCc1c(C)noc1C. The second kappa shape index (κ2) is 5.42. The zero-order valence-corrected chi connectivity index (χ0v) is 11.5. The minimum absolute atomic E-state index is 0.0463. The molecule has 0 spiro atoms. The van der Waals surface area contributed by atoms with Gasteiger partial charge in [-0.25, -0.2) is 0 Å². The summed E-state index contributed by atoms with van der Waals surface area (Å²) in [5.74, 6) is 0.565. The fourth-order valence-electron chi connectivity index (χ4n) is 2.46. The van der Waals surface area contributed by atoms with Gasteiger partial charge in [0.15, 0.2) is 0 Å². The number of rotatable bonds is 3. The van der Waals surface area contributed by atoms with Gasteiger partial charge in [0.05, 0.1) is 5.69 Å². The largest absolute Gasteiger partial charge is 0.361 e. The number of likely N-dealkylation sites (tertiary alicyclic amines) is 1. The molecule has 1 saturated heterocycles. The number of carbonyl (C=O) groups excluding carboxylic acids is 2. The van der Waals surface area contributed by atoms with E-state index in [-0.39, 0.29) is 17.9 Å². The Balaban J connectivity index is 1.96. The highest BCUT2D eigenvalue weighted by atomic mass is 16.5. The van der Waals surface area contributed by atoms with Crippen LogP contribution in [0.5, 0.6) is 0 Å². The highest BCUT2D eigenvalue weighted by Gasteiger charge is 2.32. The van der Waals surface area contributed by atoms with Crippen molar-refractivity contribution < 1.29 is 14.1 Å². The minimum atomic E-state index is -0.335. The van der Waals surface area contributed by atoms with Crippen molar-refractivity contribution in [3.63, 3.8) is 0 Å². The molecule has 2 heterocycles. The molecule has 2 rings (SSSR count). The molecule has 1 aliphatic rings. The van der Waals surface area contributed by atoms with Gasteiger partial charge in [-0.3, -0.25) is 9.59 Å². The first-order valence-corrected chi connectivity index (χ1v) is 6.47. The standard InChI is InChI=1S/C13H19N3O3/c1-8-11(9(2)19-15-8)7-14-13(18)12-5-4-6-16(12)10(3)17/h12H,4-7H2,1-3H3,(H,14,18). The first kappa shape index (κ1) is 13.6. The Hall–Kier alpha value is -1.85. The smallest absolute Gasteiger partial charge is 0.243 e. The van der Waals surface area contributed by atoms with Crippen LogP contribution >= 0.6 is 0 Å². The maximum absolute atomic E-state index is 12.1. The van der Waals surface area contributed by atoms with Gasteiger partial charge >= 0.3 is 0 Å². The predicted octanol–water partition coefficient (Wildman–Crippen LogP) is 0.919. The summed E-state index contributed by atoms with van der Waals surface area (Å²) in [6, 6.07) is -0.335. The normalized spacial score (nSPS) is 18.7. The highest BCUT2D eigenvalue weighted by molar-refractivity contribution is 5.87. The van der Waals surface area contributed by atoms with E-state index in [1.54, 1.807) is 4.90 Å². The van der Waals surface area contributed by atoms with Crippen LogP contribution in [0, 0.1) is 13.8 Å². The second-order valence-corrected chi connectivity index (χ2v) is 4.89. The van der Waals surface area contributed by atoms with E-state index in [1.165, 1.54) is 6.92 Å². The van der Waals surface area contributed by atoms with Crippen LogP contribution in [0.15, 0.2) is 4.52 Å². The third-order valence-electron chi connectivity index (χ3n) is 3.58. The Labute approximate surface area is 112 Å². The van der Waals surface area contributed by atoms with Gasteiger partial charge in [-0.2, -0.15) is 0 Å². The lowest BCUT2D eigenvalue weighted by molar-refractivity contribution is -0.136. The highest BCUT2D eigenvalue weighted by Crippen LogP contribution is 2.18. The fraction of sp³-hybridized carbons (Fsp3) is 0.615. The number of nitrogens with one attached hydrogen (secondary N) is 1. The van der Waals surface area contributed by atoms with Crippen molar-refractivity contribution in [2.75, 3.05) is 6.54 Å². The van der Waals surface area contributed by atoms with Crippen LogP contribution in [-0.2, 0) is 16.1 Å². The molecule has 2 amide bonds. The van der Waals surface area contributed by atoms with Gasteiger partial charge in [-0.1, -0.05) is 5.16 Å². The third-order valence-corrected chi connectivity index (χ3v) is 3.58. The summed E-state index contributed by atoms with van der Waals surface area (Å²) in [6.07, 6.45) is 1.61. The summed E-state index contributed by atoms with van der Waals surface area (Å²) in [5.41, 5.74) is 1.69. The van der Waals surface area contributed by atoms with Crippen molar-refractivity contribution in [3.05, 3.63) is 17.0 Å². The van der Waals surface area contributed by atoms with Crippen molar-refractivity contribution in [2.45, 2.75) is 46.2 Å². The zero-order chi connectivity index (χ0) is 14.0. The number of carbonyl (C=O) groups is 2. The van der Waals surface area contributed by atoms with Crippen molar-refractivity contribution in [1.82, 2.24) is 15.4 Å². The van der Waals surface area contributed by atoms with Crippen molar-refractivity contribution >= 4 is 11.8 Å². The topological polar surface area (TPSA) is 75.4 Å². The van der Waals surface area contributed by atoms with Crippen molar-refractivity contribution in [3.8, 4) is 0 Å². The van der Waals surface area contributed by atoms with E-state index in [9.17, 15) is 9.59 Å². The Morgan fingerprint density at radius 2 is 2.21 bits per heavy atom. The average Bonchev–Trinajstić information content (AvgIpc) is 2.95. The monoisotopic (exact) mass is 265 g/mol. The van der Waals surface area contributed by atoms with E-state index in [0.29, 0.717) is 18.8 Å². The number of amides is 2. The van der Waals surface area contributed by atoms with Gasteiger partial charge in [-0.15, -0.1) is 0 Å². The van der Waals surface area contributed by atoms with Gasteiger partial charge in [0, 0.05) is 25.6 Å². The van der Waals surface area contributed by atoms with Gasteiger partial charge in [0.1, 0.15) is 11.8 Å². The van der Waals surface area contributed by atoms with E-state index >= 15 is 0 Å². The van der Waals surface area contributed by atoms with Crippen LogP contribution in [0.2, 0.25) is 0 Å². The molecule has 1 unspecified atom stereocenters. The van der Waals surface area contributed by atoms with Gasteiger partial charge < -0.3 is 14.7 Å². The summed E-state index contributed by atoms with van der Waals surface area (Å²) in [5, 5.41) is 6.70. The molecule has 1 atom stereocenters. The second-order valence-electron chi connectivity index (χ2n) is 4.89. The Morgan fingerprint density at radius 1 is 1.47 bits per heavy atom. The molecule has 6 heteroatoms. The third kappa shape index (κ3) is 2.77. The Kier molecular flexibility index (Phi) is 3.87. The molecule has 1 aromatic rings. The molecule has 104 valence electrons. The average molecular weight is 265 g/mol. The minimum Gasteiger partial charge on any atom is -0.361 e. The lowest BCUT2D eigenvalue weighted by Gasteiger charge is -2.22. The summed E-state index contributed by atoms with van der Waals surface area (Å²) in [7, 11) is 0. The van der Waals surface area contributed by atoms with E-state index in [0.717, 1.165) is 24.1 Å². The summed E-state index contributed by atoms with van der Waals surface area (Å²) < 4.78 is 5.05. The summed E-state index contributed by atoms with van der Waals surface area (Å²) in [4.78, 5) is 25.2. The first-order chi connectivity index (χ1) is 9.00.